The van der Waals surface area contributed by atoms with Gasteiger partial charge in [-0.3, -0.25) is 9.89 Å². The molecule has 2 aromatic heterocycles. The van der Waals surface area contributed by atoms with Crippen LogP contribution in [-0.4, -0.2) is 54.4 Å². The lowest BCUT2D eigenvalue weighted by Crippen LogP contribution is -2.45. The Bertz CT molecular complexity index is 1090. The molecule has 2 aliphatic rings. The maximum atomic E-state index is 13.1. The number of benzene rings is 1. The van der Waals surface area contributed by atoms with Gasteiger partial charge in [-0.2, -0.15) is 0 Å². The Morgan fingerprint density at radius 3 is 2.72 bits per heavy atom. The van der Waals surface area contributed by atoms with Crippen LogP contribution in [0.2, 0.25) is 0 Å². The monoisotopic (exact) mass is 433 g/mol. The van der Waals surface area contributed by atoms with Crippen molar-refractivity contribution < 1.29 is 9.53 Å². The summed E-state index contributed by atoms with van der Waals surface area (Å²) in [5.74, 6) is 0.565. The largest absolute Gasteiger partial charge is 0.365 e. The van der Waals surface area contributed by atoms with Crippen molar-refractivity contribution in [3.05, 3.63) is 64.7 Å². The molecule has 1 aliphatic heterocycles. The summed E-state index contributed by atoms with van der Waals surface area (Å²) in [6.45, 7) is 4.96. The molecule has 0 spiro atoms. The first-order chi connectivity index (χ1) is 15.5. The van der Waals surface area contributed by atoms with E-state index in [0.717, 1.165) is 29.8 Å². The van der Waals surface area contributed by atoms with E-state index in [4.69, 9.17) is 9.72 Å². The van der Waals surface area contributed by atoms with Gasteiger partial charge in [0.15, 0.2) is 0 Å². The molecule has 0 atom stereocenters. The second-order valence-corrected chi connectivity index (χ2v) is 8.92. The Morgan fingerprint density at radius 2 is 2.00 bits per heavy atom. The highest BCUT2D eigenvalue weighted by Crippen LogP contribution is 2.27. The molecule has 166 valence electrons. The molecule has 1 aromatic carbocycles. The Labute approximate surface area is 186 Å². The number of hydrogen-bond donors (Lipinski definition) is 2. The van der Waals surface area contributed by atoms with Crippen LogP contribution in [0.5, 0.6) is 0 Å². The van der Waals surface area contributed by atoms with Gasteiger partial charge in [0.1, 0.15) is 5.60 Å². The molecule has 9 nitrogen and oxygen atoms in total. The zero-order valence-electron chi connectivity index (χ0n) is 18.3. The predicted octanol–water partition coefficient (Wildman–Crippen LogP) is 2.05. The Balaban J connectivity index is 1.18. The minimum Gasteiger partial charge on any atom is -0.365 e. The average molecular weight is 434 g/mol. The Kier molecular flexibility index (Phi) is 5.34. The minimum atomic E-state index is -0.935. The highest BCUT2D eigenvalue weighted by Gasteiger charge is 2.36. The van der Waals surface area contributed by atoms with Gasteiger partial charge in [-0.15, -0.1) is 5.10 Å². The van der Waals surface area contributed by atoms with Gasteiger partial charge in [0.25, 0.3) is 5.91 Å². The summed E-state index contributed by atoms with van der Waals surface area (Å²) < 4.78 is 5.90. The topological polar surface area (TPSA) is 109 Å². The molecule has 0 bridgehead atoms. The number of ether oxygens (including phenoxy) is 1. The van der Waals surface area contributed by atoms with Crippen LogP contribution in [0.1, 0.15) is 41.9 Å². The third-order valence-corrected chi connectivity index (χ3v) is 6.13. The van der Waals surface area contributed by atoms with Crippen molar-refractivity contribution in [1.82, 2.24) is 30.3 Å². The molecular weight excluding hydrogens is 406 g/mol. The maximum Gasteiger partial charge on any atom is 0.254 e. The van der Waals surface area contributed by atoms with E-state index in [2.05, 4.69) is 50.0 Å². The van der Waals surface area contributed by atoms with Gasteiger partial charge >= 0.3 is 0 Å². The molecule has 3 aromatic rings. The maximum absolute atomic E-state index is 13.1. The summed E-state index contributed by atoms with van der Waals surface area (Å²) in [5.41, 5.74) is 4.52. The summed E-state index contributed by atoms with van der Waals surface area (Å²) in [7, 11) is 0. The van der Waals surface area contributed by atoms with Crippen LogP contribution in [0, 0.1) is 0 Å². The van der Waals surface area contributed by atoms with E-state index in [1.54, 1.807) is 24.9 Å². The average Bonchev–Trinajstić information content (AvgIpc) is 3.51. The quantitative estimate of drug-likeness (QED) is 0.587. The van der Waals surface area contributed by atoms with E-state index in [0.29, 0.717) is 38.1 Å². The first-order valence-corrected chi connectivity index (χ1v) is 10.9. The van der Waals surface area contributed by atoms with Crippen molar-refractivity contribution in [2.75, 3.05) is 11.9 Å². The fourth-order valence-electron chi connectivity index (χ4n) is 4.41. The predicted molar refractivity (Wildman–Crippen MR) is 118 cm³/mol. The number of rotatable bonds is 7. The summed E-state index contributed by atoms with van der Waals surface area (Å²) in [6, 6.07) is 8.82. The van der Waals surface area contributed by atoms with Crippen molar-refractivity contribution in [3.63, 3.8) is 0 Å². The second-order valence-electron chi connectivity index (χ2n) is 8.92. The van der Waals surface area contributed by atoms with Crippen LogP contribution in [0.25, 0.3) is 0 Å². The molecule has 2 N–H and O–H groups in total. The highest BCUT2D eigenvalue weighted by atomic mass is 16.5. The van der Waals surface area contributed by atoms with Crippen molar-refractivity contribution >= 4 is 11.9 Å². The van der Waals surface area contributed by atoms with Crippen molar-refractivity contribution in [2.45, 2.75) is 57.8 Å². The van der Waals surface area contributed by atoms with E-state index in [-0.39, 0.29) is 5.91 Å². The van der Waals surface area contributed by atoms with Gasteiger partial charge in [0.2, 0.25) is 5.95 Å². The number of aromatic nitrogens is 5. The third kappa shape index (κ3) is 4.20. The number of anilines is 1. The fourth-order valence-corrected chi connectivity index (χ4v) is 4.41. The van der Waals surface area contributed by atoms with Crippen molar-refractivity contribution in [3.8, 4) is 0 Å². The summed E-state index contributed by atoms with van der Waals surface area (Å²) in [4.78, 5) is 24.1. The number of H-pyrrole nitrogens is 1. The molecule has 5 rings (SSSR count). The molecule has 3 heterocycles. The van der Waals surface area contributed by atoms with Gasteiger partial charge in [0, 0.05) is 37.0 Å². The third-order valence-electron chi connectivity index (χ3n) is 6.13. The minimum absolute atomic E-state index is 0.0589. The summed E-state index contributed by atoms with van der Waals surface area (Å²) in [6.07, 6.45) is 6.10. The Morgan fingerprint density at radius 1 is 1.22 bits per heavy atom. The van der Waals surface area contributed by atoms with Crippen molar-refractivity contribution in [2.24, 2.45) is 0 Å². The molecule has 1 aliphatic carbocycles. The van der Waals surface area contributed by atoms with Crippen LogP contribution in [0.3, 0.4) is 0 Å². The lowest BCUT2D eigenvalue weighted by atomic mass is 10.1. The number of nitrogens with one attached hydrogen (secondary N) is 2. The molecule has 0 radical (unpaired) electrons. The first-order valence-electron chi connectivity index (χ1n) is 10.9. The fraction of sp³-hybridized carbons (Fsp3) is 0.435. The highest BCUT2D eigenvalue weighted by molar-refractivity contribution is 5.84. The lowest BCUT2D eigenvalue weighted by Gasteiger charge is -2.29. The molecule has 32 heavy (non-hydrogen) atoms. The summed E-state index contributed by atoms with van der Waals surface area (Å²) in [5, 5.41) is 13.8. The van der Waals surface area contributed by atoms with Gasteiger partial charge < -0.3 is 15.0 Å². The molecule has 0 unspecified atom stereocenters. The Hall–Kier alpha value is -3.33. The van der Waals surface area contributed by atoms with Gasteiger partial charge in [-0.05, 0) is 37.8 Å². The van der Waals surface area contributed by atoms with E-state index in [1.165, 1.54) is 11.1 Å². The zero-order valence-corrected chi connectivity index (χ0v) is 18.3. The summed E-state index contributed by atoms with van der Waals surface area (Å²) >= 11 is 0. The number of hydrogen-bond acceptors (Lipinski definition) is 7. The number of amides is 1. The van der Waals surface area contributed by atoms with E-state index >= 15 is 0 Å². The number of nitrogens with zero attached hydrogens (tertiary/aromatic N) is 5. The van der Waals surface area contributed by atoms with Crippen LogP contribution >= 0.6 is 0 Å². The molecule has 0 saturated heterocycles. The van der Waals surface area contributed by atoms with Gasteiger partial charge in [-0.25, -0.2) is 9.97 Å². The first kappa shape index (κ1) is 20.6. The van der Waals surface area contributed by atoms with Gasteiger partial charge in [0.05, 0.1) is 24.5 Å². The lowest BCUT2D eigenvalue weighted by molar-refractivity contribution is -0.154. The second kappa shape index (κ2) is 8.31. The van der Waals surface area contributed by atoms with Crippen molar-refractivity contribution in [1.29, 1.82) is 0 Å². The van der Waals surface area contributed by atoms with Gasteiger partial charge in [-0.1, -0.05) is 29.5 Å². The van der Waals surface area contributed by atoms with Crippen LogP contribution in [-0.2, 0) is 41.9 Å². The normalized spacial score (nSPS) is 15.6. The van der Waals surface area contributed by atoms with Crippen LogP contribution < -0.4 is 5.32 Å². The molecule has 0 saturated carbocycles. The number of aromatic amines is 1. The number of carbonyl (C=O) groups is 1. The van der Waals surface area contributed by atoms with E-state index < -0.39 is 5.60 Å². The zero-order chi connectivity index (χ0) is 22.1. The van der Waals surface area contributed by atoms with Crippen LogP contribution in [0.15, 0.2) is 36.7 Å². The standard InChI is InChI=1S/C23H27N7O2/c1-23(2,32-8-7-18-12-25-29-28-18)21(31)30-13-17-11-24-22(27-20(17)14-30)26-19-9-15-5-3-4-6-16(15)10-19/h3-6,11-12,19H,7-10,13-14H2,1-2H3,(H,24,26,27)(H,25,28,29). The number of fused-ring (bicyclic) bond motifs is 2. The molecule has 0 fully saturated rings. The smallest absolute Gasteiger partial charge is 0.254 e. The SMILES string of the molecule is CC(C)(OCCc1c[nH]nn1)C(=O)N1Cc2cnc(NC3Cc4ccccc4C3)nc2C1. The van der Waals surface area contributed by atoms with E-state index in [1.807, 2.05) is 6.20 Å². The number of carbonyl (C=O) groups excluding carboxylic acids is 1. The molecule has 9 heteroatoms. The van der Waals surface area contributed by atoms with E-state index in [9.17, 15) is 4.79 Å². The van der Waals surface area contributed by atoms with Crippen LogP contribution in [0.4, 0.5) is 5.95 Å². The molecule has 1 amide bonds. The molecular formula is C23H27N7O2.